The van der Waals surface area contributed by atoms with Gasteiger partial charge in [-0.1, -0.05) is 36.8 Å². The van der Waals surface area contributed by atoms with Crippen LogP contribution in [0.1, 0.15) is 42.5 Å². The summed E-state index contributed by atoms with van der Waals surface area (Å²) in [6, 6.07) is 12.0. The molecule has 0 radical (unpaired) electrons. The van der Waals surface area contributed by atoms with Gasteiger partial charge in [-0.3, -0.25) is 14.7 Å². The van der Waals surface area contributed by atoms with Gasteiger partial charge in [-0.15, -0.1) is 0 Å². The number of halogens is 2. The van der Waals surface area contributed by atoms with Crippen LogP contribution in [0.4, 0.5) is 0 Å². The topological polar surface area (TPSA) is 78.2 Å². The van der Waals surface area contributed by atoms with Gasteiger partial charge in [0.25, 0.3) is 5.91 Å². The summed E-state index contributed by atoms with van der Waals surface area (Å²) < 4.78 is 6.89. The summed E-state index contributed by atoms with van der Waals surface area (Å²) in [6.45, 7) is 4.11. The molecule has 0 spiro atoms. The fraction of sp³-hybridized carbons (Fsp3) is 0.370. The largest absolute Gasteiger partial charge is 0.379 e. The molecule has 35 heavy (non-hydrogen) atoms. The van der Waals surface area contributed by atoms with Crippen LogP contribution in [0.5, 0.6) is 0 Å². The van der Waals surface area contributed by atoms with E-state index in [1.807, 2.05) is 36.4 Å². The summed E-state index contributed by atoms with van der Waals surface area (Å²) in [5.74, 6) is 6.10. The number of nitrogens with one attached hydrogen (secondary N) is 1. The summed E-state index contributed by atoms with van der Waals surface area (Å²) in [4.78, 5) is 19.7. The van der Waals surface area contributed by atoms with Crippen molar-refractivity contribution in [1.29, 1.82) is 5.26 Å². The number of hydrogen-bond acceptors (Lipinski definition) is 5. The lowest BCUT2D eigenvalue weighted by Crippen LogP contribution is -2.44. The minimum absolute atomic E-state index is 0.0254. The Bertz CT molecular complexity index is 1200. The number of nitriles is 1. The highest BCUT2D eigenvalue weighted by atomic mass is 79.9. The Balaban J connectivity index is 1.48. The first-order chi connectivity index (χ1) is 17.0. The number of ether oxygens (including phenoxy) is 1. The first kappa shape index (κ1) is 25.6. The van der Waals surface area contributed by atoms with Gasteiger partial charge >= 0.3 is 0 Å². The number of nitrogens with zero attached hydrogens (tertiary/aromatic N) is 3. The summed E-state index contributed by atoms with van der Waals surface area (Å²) in [5, 5.41) is 12.9. The maximum Gasteiger partial charge on any atom is 0.262 e. The number of amides is 1. The van der Waals surface area contributed by atoms with E-state index in [0.717, 1.165) is 74.1 Å². The van der Waals surface area contributed by atoms with E-state index >= 15 is 0 Å². The molecular weight excluding hydrogens is 572 g/mol. The zero-order valence-corrected chi connectivity index (χ0v) is 22.5. The molecule has 1 amide bonds. The second-order valence-corrected chi connectivity index (χ2v) is 10.5. The zero-order valence-electron chi connectivity index (χ0n) is 19.3. The minimum Gasteiger partial charge on any atom is -0.379 e. The fourth-order valence-electron chi connectivity index (χ4n) is 4.45. The molecule has 2 aromatic rings. The number of benzene rings is 1. The lowest BCUT2D eigenvalue weighted by Gasteiger charge is -2.31. The first-order valence-corrected chi connectivity index (χ1v) is 13.2. The van der Waals surface area contributed by atoms with Crippen LogP contribution in [-0.2, 0) is 15.1 Å². The lowest BCUT2D eigenvalue weighted by molar-refractivity contribution is -0.119. The Morgan fingerprint density at radius 1 is 1.20 bits per heavy atom. The van der Waals surface area contributed by atoms with E-state index in [1.54, 1.807) is 6.20 Å². The van der Waals surface area contributed by atoms with Gasteiger partial charge in [-0.2, -0.15) is 5.26 Å². The molecule has 2 aliphatic rings. The molecule has 6 nitrogen and oxygen atoms in total. The number of aromatic nitrogens is 1. The van der Waals surface area contributed by atoms with Crippen LogP contribution in [0.2, 0.25) is 0 Å². The van der Waals surface area contributed by atoms with E-state index in [2.05, 4.69) is 58.9 Å². The van der Waals surface area contributed by atoms with Crippen LogP contribution in [0.25, 0.3) is 6.08 Å². The van der Waals surface area contributed by atoms with Gasteiger partial charge in [-0.25, -0.2) is 0 Å². The van der Waals surface area contributed by atoms with Crippen molar-refractivity contribution in [2.24, 2.45) is 0 Å². The fourth-order valence-corrected chi connectivity index (χ4v) is 5.55. The zero-order chi connectivity index (χ0) is 24.7. The van der Waals surface area contributed by atoms with E-state index in [-0.39, 0.29) is 11.5 Å². The number of pyridine rings is 1. The Morgan fingerprint density at radius 2 is 1.91 bits per heavy atom. The van der Waals surface area contributed by atoms with Gasteiger partial charge in [0.1, 0.15) is 11.6 Å². The Kier molecular flexibility index (Phi) is 8.75. The highest BCUT2D eigenvalue weighted by Gasteiger charge is 2.37. The normalized spacial score (nSPS) is 17.8. The van der Waals surface area contributed by atoms with Crippen molar-refractivity contribution in [3.63, 3.8) is 0 Å². The predicted octanol–water partition coefficient (Wildman–Crippen LogP) is 4.78. The average Bonchev–Trinajstić information content (AvgIpc) is 3.34. The molecule has 1 aromatic heterocycles. The maximum atomic E-state index is 13.2. The van der Waals surface area contributed by atoms with Crippen LogP contribution in [-0.4, -0.2) is 48.6 Å². The van der Waals surface area contributed by atoms with E-state index in [1.165, 1.54) is 6.08 Å². The number of morpholine rings is 1. The quantitative estimate of drug-likeness (QED) is 0.305. The molecule has 180 valence electrons. The smallest absolute Gasteiger partial charge is 0.262 e. The second-order valence-electron chi connectivity index (χ2n) is 8.70. The Hall–Kier alpha value is -2.49. The van der Waals surface area contributed by atoms with Crippen LogP contribution in [0.15, 0.2) is 51.0 Å². The van der Waals surface area contributed by atoms with Crippen LogP contribution in [0.3, 0.4) is 0 Å². The SMILES string of the molecule is N#C/C(=C\c1ncc(Br)cc1Br)C(=O)NC1(c2ccc(C#CCN3CCOCC3)cc2)CCCC1. The van der Waals surface area contributed by atoms with Crippen LogP contribution >= 0.6 is 31.9 Å². The second kappa shape index (κ2) is 12.0. The molecule has 4 rings (SSSR count). The third-order valence-electron chi connectivity index (χ3n) is 6.37. The minimum atomic E-state index is -0.489. The predicted molar refractivity (Wildman–Crippen MR) is 142 cm³/mol. The molecule has 1 N–H and O–H groups in total. The van der Waals surface area contributed by atoms with Crippen LogP contribution < -0.4 is 5.32 Å². The molecule has 1 saturated heterocycles. The van der Waals surface area contributed by atoms with Crippen molar-refractivity contribution in [1.82, 2.24) is 15.2 Å². The molecule has 1 aliphatic carbocycles. The standard InChI is InChI=1S/C27H26Br2N4O2/c28-23-17-24(29)25(31-19-23)16-21(18-30)26(34)32-27(9-1-2-10-27)22-7-5-20(6-8-22)4-3-11-33-12-14-35-15-13-33/h5-8,16-17,19H,1-2,9-15H2,(H,32,34)/b21-16+. The van der Waals surface area contributed by atoms with Crippen molar-refractivity contribution < 1.29 is 9.53 Å². The third-order valence-corrected chi connectivity index (χ3v) is 7.44. The van der Waals surface area contributed by atoms with Gasteiger partial charge in [0.05, 0.1) is 31.0 Å². The van der Waals surface area contributed by atoms with Crippen molar-refractivity contribution in [2.45, 2.75) is 31.2 Å². The highest BCUT2D eigenvalue weighted by Crippen LogP contribution is 2.39. The van der Waals surface area contributed by atoms with Gasteiger partial charge < -0.3 is 10.1 Å². The van der Waals surface area contributed by atoms with Crippen molar-refractivity contribution >= 4 is 43.8 Å². The van der Waals surface area contributed by atoms with Crippen molar-refractivity contribution in [3.8, 4) is 17.9 Å². The number of rotatable bonds is 5. The van der Waals surface area contributed by atoms with E-state index in [9.17, 15) is 10.1 Å². The number of carbonyl (C=O) groups excluding carboxylic acids is 1. The molecule has 2 fully saturated rings. The molecule has 1 aliphatic heterocycles. The van der Waals surface area contributed by atoms with E-state index in [4.69, 9.17) is 4.74 Å². The summed E-state index contributed by atoms with van der Waals surface area (Å²) in [7, 11) is 0. The molecular formula is C27H26Br2N4O2. The molecule has 0 atom stereocenters. The van der Waals surface area contributed by atoms with Gasteiger partial charge in [0.2, 0.25) is 0 Å². The molecule has 0 bridgehead atoms. The van der Waals surface area contributed by atoms with Gasteiger partial charge in [0.15, 0.2) is 0 Å². The summed E-state index contributed by atoms with van der Waals surface area (Å²) >= 11 is 6.80. The Morgan fingerprint density at radius 3 is 2.57 bits per heavy atom. The maximum absolute atomic E-state index is 13.2. The highest BCUT2D eigenvalue weighted by molar-refractivity contribution is 9.11. The molecule has 8 heteroatoms. The average molecular weight is 598 g/mol. The number of carbonyl (C=O) groups is 1. The van der Waals surface area contributed by atoms with Crippen LogP contribution in [0, 0.1) is 23.2 Å². The van der Waals surface area contributed by atoms with E-state index in [0.29, 0.717) is 10.2 Å². The first-order valence-electron chi connectivity index (χ1n) is 11.6. The lowest BCUT2D eigenvalue weighted by atomic mass is 9.87. The van der Waals surface area contributed by atoms with Gasteiger partial charge in [0, 0.05) is 33.8 Å². The molecule has 2 heterocycles. The summed E-state index contributed by atoms with van der Waals surface area (Å²) in [6.07, 6.45) is 6.86. The van der Waals surface area contributed by atoms with Gasteiger partial charge in [-0.05, 0) is 74.5 Å². The van der Waals surface area contributed by atoms with Crippen molar-refractivity contribution in [2.75, 3.05) is 32.8 Å². The molecule has 1 aromatic carbocycles. The van der Waals surface area contributed by atoms with Crippen molar-refractivity contribution in [3.05, 3.63) is 67.9 Å². The Labute approximate surface area is 223 Å². The monoisotopic (exact) mass is 596 g/mol. The van der Waals surface area contributed by atoms with E-state index < -0.39 is 5.54 Å². The summed E-state index contributed by atoms with van der Waals surface area (Å²) in [5.41, 5.74) is 2.06. The molecule has 1 saturated carbocycles. The molecule has 0 unspecified atom stereocenters. The number of hydrogen-bond donors (Lipinski definition) is 1. The third kappa shape index (κ3) is 6.59.